The van der Waals surface area contributed by atoms with Gasteiger partial charge in [-0.2, -0.15) is 5.26 Å². The van der Waals surface area contributed by atoms with Crippen LogP contribution >= 0.6 is 11.3 Å². The van der Waals surface area contributed by atoms with Crippen molar-refractivity contribution in [1.82, 2.24) is 14.9 Å². The van der Waals surface area contributed by atoms with Crippen LogP contribution in [0.5, 0.6) is 0 Å². The van der Waals surface area contributed by atoms with Crippen molar-refractivity contribution in [2.45, 2.75) is 25.2 Å². The smallest absolute Gasteiger partial charge is 0.101 e. The maximum atomic E-state index is 9.10. The van der Waals surface area contributed by atoms with Crippen LogP contribution in [0.15, 0.2) is 42.4 Å². The van der Waals surface area contributed by atoms with Crippen LogP contribution in [0.1, 0.15) is 33.5 Å². The van der Waals surface area contributed by atoms with Crippen molar-refractivity contribution in [2.75, 3.05) is 31.1 Å². The van der Waals surface area contributed by atoms with Gasteiger partial charge in [-0.1, -0.05) is 6.08 Å². The number of pyridine rings is 1. The fraction of sp³-hybridized carbons (Fsp3) is 0.381. The van der Waals surface area contributed by atoms with Crippen LogP contribution in [-0.4, -0.2) is 41.0 Å². The first kappa shape index (κ1) is 16.5. The molecule has 1 unspecified atom stereocenters. The molecule has 4 heterocycles. The van der Waals surface area contributed by atoms with E-state index in [-0.39, 0.29) is 0 Å². The summed E-state index contributed by atoms with van der Waals surface area (Å²) in [6, 6.07) is 4.12. The van der Waals surface area contributed by atoms with Crippen molar-refractivity contribution in [3.8, 4) is 6.07 Å². The summed E-state index contributed by atoms with van der Waals surface area (Å²) in [5.74, 6) is 0.487. The first-order valence-electron chi connectivity index (χ1n) is 9.52. The highest BCUT2D eigenvalue weighted by Crippen LogP contribution is 2.35. The Bertz CT molecular complexity index is 942. The van der Waals surface area contributed by atoms with Gasteiger partial charge in [-0.25, -0.2) is 4.98 Å². The van der Waals surface area contributed by atoms with Gasteiger partial charge in [0.25, 0.3) is 0 Å². The zero-order valence-corrected chi connectivity index (χ0v) is 16.0. The minimum Gasteiger partial charge on any atom is -0.371 e. The van der Waals surface area contributed by atoms with Crippen LogP contribution in [0.3, 0.4) is 0 Å². The van der Waals surface area contributed by atoms with Gasteiger partial charge in [-0.15, -0.1) is 11.3 Å². The van der Waals surface area contributed by atoms with E-state index in [2.05, 4.69) is 39.1 Å². The molecule has 3 aliphatic rings. The van der Waals surface area contributed by atoms with E-state index in [1.807, 2.05) is 23.6 Å². The summed E-state index contributed by atoms with van der Waals surface area (Å²) in [4.78, 5) is 15.5. The molecule has 2 aliphatic heterocycles. The van der Waals surface area contributed by atoms with Crippen LogP contribution in [-0.2, 0) is 12.8 Å². The zero-order chi connectivity index (χ0) is 18.2. The lowest BCUT2D eigenvalue weighted by molar-refractivity contribution is 0.369. The summed E-state index contributed by atoms with van der Waals surface area (Å²) >= 11 is 1.92. The van der Waals surface area contributed by atoms with E-state index in [4.69, 9.17) is 10.2 Å². The molecule has 1 atom stereocenters. The fourth-order valence-corrected chi connectivity index (χ4v) is 5.29. The van der Waals surface area contributed by atoms with Gasteiger partial charge in [0.15, 0.2) is 0 Å². The number of thiazole rings is 1. The Morgan fingerprint density at radius 3 is 2.85 bits per heavy atom. The van der Waals surface area contributed by atoms with E-state index in [0.717, 1.165) is 51.1 Å². The second kappa shape index (κ2) is 6.82. The molecule has 0 radical (unpaired) electrons. The lowest BCUT2D eigenvalue weighted by Gasteiger charge is -2.26. The first-order chi connectivity index (χ1) is 13.3. The molecule has 0 bridgehead atoms. The lowest BCUT2D eigenvalue weighted by Crippen LogP contribution is -2.26. The maximum absolute atomic E-state index is 9.10. The van der Waals surface area contributed by atoms with Crippen LogP contribution < -0.4 is 4.90 Å². The standard InChI is InChI=1S/C21H21N5S/c22-11-15-10-18(13-23-12-15)26-7-4-16(14-26)21-24-19-5-8-25(17-2-1-3-17)9-6-20(19)27-21/h1-3,10,12-13,16H,4-9,14H2. The van der Waals surface area contributed by atoms with E-state index in [9.17, 15) is 0 Å². The molecule has 5 nitrogen and oxygen atoms in total. The summed E-state index contributed by atoms with van der Waals surface area (Å²) < 4.78 is 0. The highest BCUT2D eigenvalue weighted by atomic mass is 32.1. The second-order valence-corrected chi connectivity index (χ2v) is 8.45. The predicted molar refractivity (Wildman–Crippen MR) is 107 cm³/mol. The van der Waals surface area contributed by atoms with E-state index in [1.54, 1.807) is 6.20 Å². The molecule has 1 saturated heterocycles. The average molecular weight is 376 g/mol. The molecular weight excluding hydrogens is 354 g/mol. The summed E-state index contributed by atoms with van der Waals surface area (Å²) in [7, 11) is 0. The highest BCUT2D eigenvalue weighted by Gasteiger charge is 2.29. The van der Waals surface area contributed by atoms with Gasteiger partial charge >= 0.3 is 0 Å². The SMILES string of the molecule is N#Cc1cncc(N2CCC(c3nc4c(s3)CCN(C3=CC=C3)CC4)C2)c1. The molecule has 0 spiro atoms. The molecule has 27 heavy (non-hydrogen) atoms. The molecule has 0 N–H and O–H groups in total. The van der Waals surface area contributed by atoms with Crippen molar-refractivity contribution in [3.63, 3.8) is 0 Å². The molecule has 2 aromatic rings. The summed E-state index contributed by atoms with van der Waals surface area (Å²) in [6.07, 6.45) is 13.2. The third kappa shape index (κ3) is 3.13. The molecule has 6 heteroatoms. The highest BCUT2D eigenvalue weighted by molar-refractivity contribution is 7.11. The Kier molecular flexibility index (Phi) is 4.17. The monoisotopic (exact) mass is 375 g/mol. The number of rotatable bonds is 3. The molecular formula is C21H21N5S. The average Bonchev–Trinajstić information content (AvgIpc) is 3.26. The molecule has 0 saturated carbocycles. The van der Waals surface area contributed by atoms with Gasteiger partial charge < -0.3 is 9.80 Å². The second-order valence-electron chi connectivity index (χ2n) is 7.33. The van der Waals surface area contributed by atoms with Crippen LogP contribution in [0.25, 0.3) is 0 Å². The fourth-order valence-electron chi connectivity index (χ4n) is 4.07. The van der Waals surface area contributed by atoms with Crippen LogP contribution in [0.4, 0.5) is 5.69 Å². The minimum absolute atomic E-state index is 0.487. The largest absolute Gasteiger partial charge is 0.371 e. The summed E-state index contributed by atoms with van der Waals surface area (Å²) in [6.45, 7) is 4.12. The number of nitrogens with zero attached hydrogens (tertiary/aromatic N) is 5. The van der Waals surface area contributed by atoms with Gasteiger partial charge in [0.05, 0.1) is 28.1 Å². The normalized spacial score (nSPS) is 21.3. The maximum Gasteiger partial charge on any atom is 0.101 e. The Hall–Kier alpha value is -2.65. The number of anilines is 1. The van der Waals surface area contributed by atoms with Crippen molar-refractivity contribution in [3.05, 3.63) is 63.5 Å². The van der Waals surface area contributed by atoms with Crippen molar-refractivity contribution >= 4 is 17.0 Å². The van der Waals surface area contributed by atoms with Gasteiger partial charge in [-0.3, -0.25) is 4.98 Å². The molecule has 0 aromatic carbocycles. The van der Waals surface area contributed by atoms with E-state index in [1.165, 1.54) is 21.3 Å². The van der Waals surface area contributed by atoms with Crippen molar-refractivity contribution < 1.29 is 0 Å². The van der Waals surface area contributed by atoms with Gasteiger partial charge in [0.1, 0.15) is 6.07 Å². The van der Waals surface area contributed by atoms with E-state index >= 15 is 0 Å². The number of aromatic nitrogens is 2. The minimum atomic E-state index is 0.487. The van der Waals surface area contributed by atoms with Crippen molar-refractivity contribution in [2.24, 2.45) is 0 Å². The van der Waals surface area contributed by atoms with Crippen LogP contribution in [0.2, 0.25) is 0 Å². The van der Waals surface area contributed by atoms with Crippen LogP contribution in [0, 0.1) is 11.3 Å². The molecule has 1 fully saturated rings. The quantitative estimate of drug-likeness (QED) is 0.824. The number of fused-ring (bicyclic) bond motifs is 1. The topological polar surface area (TPSA) is 56.1 Å². The Balaban J connectivity index is 1.28. The Morgan fingerprint density at radius 2 is 2.04 bits per heavy atom. The third-order valence-electron chi connectivity index (χ3n) is 5.68. The number of allylic oxidation sites excluding steroid dienone is 3. The van der Waals surface area contributed by atoms with Gasteiger partial charge in [0.2, 0.25) is 0 Å². The van der Waals surface area contributed by atoms with E-state index in [0.29, 0.717) is 11.5 Å². The number of hydrogen-bond donors (Lipinski definition) is 0. The predicted octanol–water partition coefficient (Wildman–Crippen LogP) is 3.26. The number of hydrogen-bond acceptors (Lipinski definition) is 6. The van der Waals surface area contributed by atoms with Gasteiger partial charge in [-0.05, 0) is 24.6 Å². The van der Waals surface area contributed by atoms with Gasteiger partial charge in [0, 0.05) is 61.7 Å². The summed E-state index contributed by atoms with van der Waals surface area (Å²) in [5.41, 5.74) is 4.35. The number of nitriles is 1. The Morgan fingerprint density at radius 1 is 1.15 bits per heavy atom. The molecule has 1 aliphatic carbocycles. The molecule has 5 rings (SSSR count). The molecule has 0 amide bonds. The molecule has 136 valence electrons. The Labute approximate surface area is 163 Å². The summed E-state index contributed by atoms with van der Waals surface area (Å²) in [5, 5.41) is 10.4. The lowest BCUT2D eigenvalue weighted by atomic mass is 10.1. The van der Waals surface area contributed by atoms with Crippen molar-refractivity contribution in [1.29, 1.82) is 5.26 Å². The van der Waals surface area contributed by atoms with E-state index < -0.39 is 0 Å². The molecule has 2 aromatic heterocycles. The zero-order valence-electron chi connectivity index (χ0n) is 15.1. The first-order valence-corrected chi connectivity index (χ1v) is 10.3. The third-order valence-corrected chi connectivity index (χ3v) is 7.00.